The molecule has 85 heavy (non-hydrogen) atoms. The van der Waals surface area contributed by atoms with Gasteiger partial charge in [0.2, 0.25) is 11.6 Å². The van der Waals surface area contributed by atoms with E-state index < -0.39 is 28.4 Å². The molecule has 0 radical (unpaired) electrons. The Morgan fingerprint density at radius 2 is 0.835 bits per heavy atom. The number of alkyl halides is 3. The number of thiophene rings is 3. The Balaban J connectivity index is 0.000000167. The number of nitrogens with zero attached hydrogens (tertiary/aromatic N) is 3. The topological polar surface area (TPSA) is 262 Å². The maximum atomic E-state index is 13.3. The van der Waals surface area contributed by atoms with Crippen LogP contribution in [0.3, 0.4) is 0 Å². The molecule has 3 aliphatic rings. The predicted molar refractivity (Wildman–Crippen MR) is 336 cm³/mol. The molecule has 0 saturated carbocycles. The molecule has 0 spiro atoms. The average Bonchev–Trinajstić information content (AvgIpc) is 2.12. The maximum absolute atomic E-state index is 13.3. The van der Waals surface area contributed by atoms with Crippen molar-refractivity contribution in [3.8, 4) is 0 Å². The molecule has 448 valence electrons. The third kappa shape index (κ3) is 15.4. The highest BCUT2D eigenvalue weighted by Gasteiger charge is 2.43. The smallest absolute Gasteiger partial charge is 0.397 e. The zero-order valence-corrected chi connectivity index (χ0v) is 50.8. The average molecular weight is 1300 g/mol. The number of nitrogen functional groups attached to an aromatic ring is 3. The van der Waals surface area contributed by atoms with E-state index in [1.807, 2.05) is 37.3 Å². The molecule has 10 rings (SSSR count). The van der Waals surface area contributed by atoms with E-state index in [-0.39, 0.29) is 65.8 Å². The van der Waals surface area contributed by atoms with E-state index >= 15 is 0 Å². The number of anilines is 8. The molecule has 0 atom stereocenters. The molecule has 7 aromatic rings. The number of Topliss-reactive ketones (excluding diaryl/α,β-unsaturated/α-hetero) is 1. The van der Waals surface area contributed by atoms with Crippen molar-refractivity contribution in [3.05, 3.63) is 160 Å². The molecule has 4 aromatic carbocycles. The minimum atomic E-state index is -5.07. The summed E-state index contributed by atoms with van der Waals surface area (Å²) in [7, 11) is 0. The molecule has 12 N–H and O–H groups in total. The summed E-state index contributed by atoms with van der Waals surface area (Å²) in [6.45, 7) is 9.74. The first kappa shape index (κ1) is 64.0. The first-order valence-electron chi connectivity index (χ1n) is 26.4. The number of carbonyl (C=O) groups is 6. The molecule has 3 fully saturated rings. The van der Waals surface area contributed by atoms with E-state index in [0.29, 0.717) is 131 Å². The molecule has 3 amide bonds. The standard InChI is InChI=1S/C22H20Cl2N4O2S.C18H20Cl2N4O2S.C17H17F3N4O2S/c23-13-6-7-15(16(24)12-13)19(29)20-18(25)17(22(30)28-10-8-26-9-11-28)21(31-20)27-14-4-2-1-3-5-14;1-2-23-17-13(18(26)24-7-5-22-6-8-24)14(21)16(27-17)15(25)11-4-3-10(19)9-12(11)20;18-17(19,20)14(25)13-12(21)11(16(26)24-8-6-22-7-9-24)15(27-13)23-10-4-2-1-3-5-10/h1-7,12,26-27H,8-11,25H2;3-4,9,22-23H,2,5-8,21H2,1H3;1-5,22-23H,6-9,21H2. The second-order valence-electron chi connectivity index (χ2n) is 19.0. The van der Waals surface area contributed by atoms with Crippen LogP contribution in [0.25, 0.3) is 0 Å². The van der Waals surface area contributed by atoms with Gasteiger partial charge >= 0.3 is 6.18 Å². The van der Waals surface area contributed by atoms with Crippen molar-refractivity contribution in [1.82, 2.24) is 30.7 Å². The minimum Gasteiger partial charge on any atom is -0.397 e. The van der Waals surface area contributed by atoms with Gasteiger partial charge in [0.05, 0.1) is 43.8 Å². The summed E-state index contributed by atoms with van der Waals surface area (Å²) in [5.41, 5.74) is 21.0. The SMILES string of the molecule is CCNc1sc(C(=O)c2ccc(Cl)cc2Cl)c(N)c1C(=O)N1CCNCC1.Nc1c(C(=O)C(F)(F)F)sc(Nc2ccccc2)c1C(=O)N1CCNCC1.Nc1c(C(=O)c2ccc(Cl)cc2Cl)sc(Nc2ccccc2)c1C(=O)N1CCNCC1. The zero-order chi connectivity index (χ0) is 61.1. The normalized spacial score (nSPS) is 14.3. The fourth-order valence-electron chi connectivity index (χ4n) is 9.04. The van der Waals surface area contributed by atoms with E-state index in [1.165, 1.54) is 28.4 Å². The van der Waals surface area contributed by atoms with E-state index in [2.05, 4.69) is 31.9 Å². The van der Waals surface area contributed by atoms with Crippen molar-refractivity contribution in [2.75, 3.05) is 118 Å². The largest absolute Gasteiger partial charge is 0.455 e. The lowest BCUT2D eigenvalue weighted by Gasteiger charge is -2.27. The fourth-order valence-corrected chi connectivity index (χ4v) is 13.3. The van der Waals surface area contributed by atoms with Crippen molar-refractivity contribution in [2.45, 2.75) is 13.1 Å². The fraction of sp³-hybridized carbons (Fsp3) is 0.263. The molecule has 0 unspecified atom stereocenters. The molecule has 28 heteroatoms. The van der Waals surface area contributed by atoms with E-state index in [1.54, 1.807) is 64.4 Å². The van der Waals surface area contributed by atoms with Crippen LogP contribution in [0.5, 0.6) is 0 Å². The maximum Gasteiger partial charge on any atom is 0.455 e. The van der Waals surface area contributed by atoms with Crippen LogP contribution in [0.2, 0.25) is 20.1 Å². The van der Waals surface area contributed by atoms with Crippen LogP contribution in [-0.4, -0.2) is 141 Å². The number of para-hydroxylation sites is 2. The van der Waals surface area contributed by atoms with Crippen molar-refractivity contribution in [1.29, 1.82) is 0 Å². The minimum absolute atomic E-state index is 0.0987. The van der Waals surface area contributed by atoms with Gasteiger partial charge in [-0.1, -0.05) is 82.8 Å². The second kappa shape index (κ2) is 28.9. The number of hydrogen-bond donors (Lipinski definition) is 9. The van der Waals surface area contributed by atoms with Crippen LogP contribution in [0.15, 0.2) is 97.1 Å². The van der Waals surface area contributed by atoms with Gasteiger partial charge in [-0.15, -0.1) is 34.0 Å². The summed E-state index contributed by atoms with van der Waals surface area (Å²) in [5, 5.41) is 21.5. The highest BCUT2D eigenvalue weighted by Crippen LogP contribution is 2.43. The molecule has 0 bridgehead atoms. The molecule has 0 aliphatic carbocycles. The van der Waals surface area contributed by atoms with Crippen LogP contribution in [0.1, 0.15) is 78.1 Å². The lowest BCUT2D eigenvalue weighted by Crippen LogP contribution is -2.46. The van der Waals surface area contributed by atoms with Gasteiger partial charge in [-0.25, -0.2) is 0 Å². The molecule has 3 aromatic heterocycles. The van der Waals surface area contributed by atoms with E-state index in [0.717, 1.165) is 30.1 Å². The Bertz CT molecular complexity index is 3590. The zero-order valence-electron chi connectivity index (χ0n) is 45.3. The molecule has 3 aliphatic heterocycles. The number of benzene rings is 4. The predicted octanol–water partition coefficient (Wildman–Crippen LogP) is 10.9. The lowest BCUT2D eigenvalue weighted by atomic mass is 10.1. The van der Waals surface area contributed by atoms with Gasteiger partial charge in [-0.3, -0.25) is 28.8 Å². The monoisotopic (exact) mass is 1300 g/mol. The van der Waals surface area contributed by atoms with Gasteiger partial charge in [-0.2, -0.15) is 13.2 Å². The summed E-state index contributed by atoms with van der Waals surface area (Å²) in [6.07, 6.45) is -5.07. The number of piperazine rings is 3. The number of nitrogens with one attached hydrogen (secondary N) is 6. The van der Waals surface area contributed by atoms with Crippen molar-refractivity contribution in [3.63, 3.8) is 0 Å². The van der Waals surface area contributed by atoms with Crippen LogP contribution in [-0.2, 0) is 0 Å². The van der Waals surface area contributed by atoms with Gasteiger partial charge in [0.15, 0.2) is 0 Å². The van der Waals surface area contributed by atoms with Gasteiger partial charge in [0.1, 0.15) is 29.6 Å². The van der Waals surface area contributed by atoms with Gasteiger partial charge in [-0.05, 0) is 67.6 Å². The first-order valence-corrected chi connectivity index (χ1v) is 30.4. The summed E-state index contributed by atoms with van der Waals surface area (Å²) < 4.78 is 38.7. The van der Waals surface area contributed by atoms with Crippen molar-refractivity contribution in [2.24, 2.45) is 0 Å². The molecular weight excluding hydrogens is 1240 g/mol. The number of halogens is 7. The Kier molecular flexibility index (Phi) is 21.8. The third-order valence-electron chi connectivity index (χ3n) is 13.3. The van der Waals surface area contributed by atoms with Gasteiger partial charge in [0.25, 0.3) is 23.5 Å². The van der Waals surface area contributed by atoms with E-state index in [4.69, 9.17) is 63.6 Å². The van der Waals surface area contributed by atoms with Crippen LogP contribution in [0, 0.1) is 0 Å². The summed E-state index contributed by atoms with van der Waals surface area (Å²) in [4.78, 5) is 82.2. The number of amides is 3. The molecule has 18 nitrogen and oxygen atoms in total. The Morgan fingerprint density at radius 1 is 0.506 bits per heavy atom. The highest BCUT2D eigenvalue weighted by molar-refractivity contribution is 7.20. The first-order chi connectivity index (χ1) is 40.7. The molecular formula is C57H57Cl4F3N12O6S3. The summed E-state index contributed by atoms with van der Waals surface area (Å²) in [6, 6.07) is 27.4. The van der Waals surface area contributed by atoms with Crippen molar-refractivity contribution < 1.29 is 41.9 Å². The number of hydrogen-bond acceptors (Lipinski definition) is 18. The van der Waals surface area contributed by atoms with Crippen LogP contribution in [0.4, 0.5) is 56.6 Å². The van der Waals surface area contributed by atoms with E-state index in [9.17, 15) is 41.9 Å². The van der Waals surface area contributed by atoms with Crippen LogP contribution < -0.4 is 49.1 Å². The Labute approximate surface area is 519 Å². The molecule has 3 saturated heterocycles. The Hall–Kier alpha value is -6.97. The van der Waals surface area contributed by atoms with Gasteiger partial charge < -0.3 is 63.8 Å². The number of rotatable bonds is 14. The van der Waals surface area contributed by atoms with Crippen LogP contribution >= 0.6 is 80.4 Å². The third-order valence-corrected chi connectivity index (χ3v) is 17.8. The lowest BCUT2D eigenvalue weighted by molar-refractivity contribution is -0.0882. The van der Waals surface area contributed by atoms with Gasteiger partial charge in [0, 0.05) is 118 Å². The number of ketones is 3. The number of nitrogens with two attached hydrogens (primary N) is 3. The summed E-state index contributed by atoms with van der Waals surface area (Å²) in [5.74, 6) is -3.58. The second-order valence-corrected chi connectivity index (χ2v) is 23.8. The van der Waals surface area contributed by atoms with Crippen molar-refractivity contribution >= 4 is 159 Å². The highest BCUT2D eigenvalue weighted by atomic mass is 35.5. The Morgan fingerprint density at radius 3 is 1.18 bits per heavy atom. The number of carbonyl (C=O) groups excluding carboxylic acids is 6. The quantitative estimate of drug-likeness (QED) is 0.0459. The summed E-state index contributed by atoms with van der Waals surface area (Å²) >= 11 is 27.2. The molecule has 6 heterocycles.